The molecule has 0 spiro atoms. The molecule has 3 aromatic rings. The van der Waals surface area contributed by atoms with E-state index >= 15 is 0 Å². The molecule has 12 heteroatoms. The number of nitrogens with one attached hydrogen (secondary N) is 1. The zero-order valence-corrected chi connectivity index (χ0v) is 18.1. The summed E-state index contributed by atoms with van der Waals surface area (Å²) in [7, 11) is 0. The molecule has 0 aliphatic rings. The van der Waals surface area contributed by atoms with Crippen LogP contribution in [0.25, 0.3) is 0 Å². The number of halogens is 1. The second-order valence-electron chi connectivity index (χ2n) is 6.62. The number of aryl methyl sites for hydroxylation is 2. The predicted octanol–water partition coefficient (Wildman–Crippen LogP) is 2.12. The van der Waals surface area contributed by atoms with E-state index in [-0.39, 0.29) is 23.8 Å². The van der Waals surface area contributed by atoms with Crippen molar-refractivity contribution >= 4 is 27.5 Å². The summed E-state index contributed by atoms with van der Waals surface area (Å²) in [5.41, 5.74) is 2.96. The van der Waals surface area contributed by atoms with E-state index in [2.05, 4.69) is 36.5 Å². The van der Waals surface area contributed by atoms with E-state index in [4.69, 9.17) is 0 Å². The fourth-order valence-electron chi connectivity index (χ4n) is 3.05. The van der Waals surface area contributed by atoms with Crippen LogP contribution in [0.3, 0.4) is 0 Å². The number of amides is 1. The molecule has 0 unspecified atom stereocenters. The summed E-state index contributed by atoms with van der Waals surface area (Å²) < 4.78 is 5.90. The average molecular weight is 465 g/mol. The Labute approximate surface area is 175 Å². The third kappa shape index (κ3) is 4.21. The fraction of sp³-hybridized carbons (Fsp3) is 0.412. The number of nitrogens with zero attached hydrogens (tertiary/aromatic N) is 7. The topological polar surface area (TPSA) is 126 Å². The first-order valence-electron chi connectivity index (χ1n) is 8.88. The fourth-order valence-corrected chi connectivity index (χ4v) is 3.33. The summed E-state index contributed by atoms with van der Waals surface area (Å²) in [6, 6.07) is 1.63. The summed E-state index contributed by atoms with van der Waals surface area (Å²) in [6.07, 6.45) is 1.71. The van der Waals surface area contributed by atoms with Gasteiger partial charge in [-0.25, -0.2) is 4.68 Å². The van der Waals surface area contributed by atoms with Gasteiger partial charge in [0, 0.05) is 12.7 Å². The van der Waals surface area contributed by atoms with Crippen LogP contribution in [0.4, 0.5) is 5.69 Å². The summed E-state index contributed by atoms with van der Waals surface area (Å²) in [6.45, 7) is 8.08. The highest BCUT2D eigenvalue weighted by Gasteiger charge is 2.21. The maximum atomic E-state index is 12.3. The molecule has 3 rings (SSSR count). The summed E-state index contributed by atoms with van der Waals surface area (Å²) >= 11 is 3.49. The maximum Gasteiger partial charge on any atom is 0.312 e. The number of carbonyl (C=O) groups is 1. The lowest BCUT2D eigenvalue weighted by Crippen LogP contribution is -2.28. The molecular weight excluding hydrogens is 444 g/mol. The predicted molar refractivity (Wildman–Crippen MR) is 108 cm³/mol. The Kier molecular flexibility index (Phi) is 5.82. The van der Waals surface area contributed by atoms with Gasteiger partial charge in [-0.2, -0.15) is 15.3 Å². The van der Waals surface area contributed by atoms with Crippen LogP contribution in [-0.2, 0) is 13.2 Å². The van der Waals surface area contributed by atoms with E-state index in [1.807, 2.05) is 13.8 Å². The Morgan fingerprint density at radius 2 is 1.83 bits per heavy atom. The van der Waals surface area contributed by atoms with Crippen molar-refractivity contribution in [1.82, 2.24) is 34.7 Å². The van der Waals surface area contributed by atoms with Crippen molar-refractivity contribution in [3.63, 3.8) is 0 Å². The minimum Gasteiger partial charge on any atom is -0.349 e. The van der Waals surface area contributed by atoms with Gasteiger partial charge in [-0.1, -0.05) is 0 Å². The van der Waals surface area contributed by atoms with Crippen LogP contribution in [0, 0.1) is 37.8 Å². The van der Waals surface area contributed by atoms with E-state index in [9.17, 15) is 14.9 Å². The van der Waals surface area contributed by atoms with Gasteiger partial charge in [-0.15, -0.1) is 0 Å². The van der Waals surface area contributed by atoms with Crippen LogP contribution in [0.2, 0.25) is 0 Å². The van der Waals surface area contributed by atoms with Crippen LogP contribution in [0.15, 0.2) is 16.7 Å². The van der Waals surface area contributed by atoms with Crippen LogP contribution >= 0.6 is 15.9 Å². The normalized spacial score (nSPS) is 11.1. The Morgan fingerprint density at radius 1 is 1.14 bits per heavy atom. The molecule has 0 saturated carbocycles. The molecular formula is C17H21BrN8O3. The van der Waals surface area contributed by atoms with Crippen molar-refractivity contribution in [3.05, 3.63) is 55.3 Å². The molecule has 0 aromatic carbocycles. The largest absolute Gasteiger partial charge is 0.349 e. The van der Waals surface area contributed by atoms with Crippen molar-refractivity contribution in [2.24, 2.45) is 0 Å². The molecule has 3 heterocycles. The molecule has 0 aliphatic heterocycles. The number of carbonyl (C=O) groups excluding carboxylic acids is 1. The molecule has 0 saturated heterocycles. The Balaban J connectivity index is 1.59. The molecule has 0 bridgehead atoms. The Hall–Kier alpha value is -3.02. The average Bonchev–Trinajstić information content (AvgIpc) is 3.30. The van der Waals surface area contributed by atoms with Gasteiger partial charge >= 0.3 is 5.69 Å². The molecule has 3 aromatic heterocycles. The monoisotopic (exact) mass is 464 g/mol. The smallest absolute Gasteiger partial charge is 0.312 e. The first kappa shape index (κ1) is 20.7. The summed E-state index contributed by atoms with van der Waals surface area (Å²) in [4.78, 5) is 23.0. The standard InChI is InChI=1S/C17H21BrN8O3/c1-10-15(18)12(3)25(20-10)9-23-7-5-14(22-23)17(27)19-6-8-24-13(4)16(26(28)29)11(2)21-24/h5,7H,6,8-9H2,1-4H3,(H,19,27). The highest BCUT2D eigenvalue weighted by atomic mass is 79.9. The first-order valence-corrected chi connectivity index (χ1v) is 9.68. The third-order valence-corrected chi connectivity index (χ3v) is 5.73. The molecule has 0 aliphatic carbocycles. The minimum atomic E-state index is -0.444. The quantitative estimate of drug-likeness (QED) is 0.421. The molecule has 0 radical (unpaired) electrons. The van der Waals surface area contributed by atoms with E-state index in [0.717, 1.165) is 15.9 Å². The number of nitro groups is 1. The van der Waals surface area contributed by atoms with Crippen molar-refractivity contribution in [3.8, 4) is 0 Å². The van der Waals surface area contributed by atoms with Gasteiger partial charge < -0.3 is 5.32 Å². The number of aromatic nitrogens is 6. The maximum absolute atomic E-state index is 12.3. The number of hydrogen-bond acceptors (Lipinski definition) is 6. The lowest BCUT2D eigenvalue weighted by Gasteiger charge is -2.06. The van der Waals surface area contributed by atoms with E-state index in [1.54, 1.807) is 35.5 Å². The van der Waals surface area contributed by atoms with Gasteiger partial charge in [0.05, 0.1) is 27.3 Å². The Bertz CT molecular complexity index is 1080. The van der Waals surface area contributed by atoms with Gasteiger partial charge in [-0.3, -0.25) is 24.3 Å². The third-order valence-electron chi connectivity index (χ3n) is 4.58. The van der Waals surface area contributed by atoms with Crippen LogP contribution in [0.5, 0.6) is 0 Å². The van der Waals surface area contributed by atoms with Gasteiger partial charge in [0.25, 0.3) is 5.91 Å². The van der Waals surface area contributed by atoms with E-state index < -0.39 is 4.92 Å². The van der Waals surface area contributed by atoms with E-state index in [1.165, 1.54) is 4.68 Å². The van der Waals surface area contributed by atoms with Gasteiger partial charge in [0.1, 0.15) is 23.8 Å². The van der Waals surface area contributed by atoms with Crippen molar-refractivity contribution < 1.29 is 9.72 Å². The highest BCUT2D eigenvalue weighted by molar-refractivity contribution is 9.10. The van der Waals surface area contributed by atoms with Crippen molar-refractivity contribution in [2.75, 3.05) is 6.54 Å². The van der Waals surface area contributed by atoms with E-state index in [0.29, 0.717) is 24.6 Å². The first-order chi connectivity index (χ1) is 13.7. The van der Waals surface area contributed by atoms with Crippen molar-refractivity contribution in [1.29, 1.82) is 0 Å². The van der Waals surface area contributed by atoms with Gasteiger partial charge in [0.2, 0.25) is 0 Å². The number of hydrogen-bond donors (Lipinski definition) is 1. The zero-order chi connectivity index (χ0) is 21.3. The second kappa shape index (κ2) is 8.15. The SMILES string of the molecule is Cc1nn(Cn2ccc(C(=O)NCCn3nc(C)c([N+](=O)[O-])c3C)n2)c(C)c1Br. The molecule has 0 fully saturated rings. The lowest BCUT2D eigenvalue weighted by atomic mass is 10.3. The van der Waals surface area contributed by atoms with Gasteiger partial charge in [0.15, 0.2) is 0 Å². The van der Waals surface area contributed by atoms with Crippen LogP contribution in [0.1, 0.15) is 33.3 Å². The molecule has 1 amide bonds. The van der Waals surface area contributed by atoms with Crippen LogP contribution < -0.4 is 5.32 Å². The molecule has 29 heavy (non-hydrogen) atoms. The van der Waals surface area contributed by atoms with Crippen molar-refractivity contribution in [2.45, 2.75) is 40.9 Å². The second-order valence-corrected chi connectivity index (χ2v) is 7.41. The van der Waals surface area contributed by atoms with Crippen LogP contribution in [-0.4, -0.2) is 46.7 Å². The summed E-state index contributed by atoms with van der Waals surface area (Å²) in [5, 5.41) is 26.7. The molecule has 1 N–H and O–H groups in total. The lowest BCUT2D eigenvalue weighted by molar-refractivity contribution is -0.386. The molecule has 154 valence electrons. The zero-order valence-electron chi connectivity index (χ0n) is 16.5. The Morgan fingerprint density at radius 3 is 2.41 bits per heavy atom. The van der Waals surface area contributed by atoms with Gasteiger partial charge in [-0.05, 0) is 49.7 Å². The summed E-state index contributed by atoms with van der Waals surface area (Å²) in [5.74, 6) is -0.325. The number of rotatable bonds is 7. The molecule has 0 atom stereocenters. The minimum absolute atomic E-state index is 0.00542. The highest BCUT2D eigenvalue weighted by Crippen LogP contribution is 2.21. The molecule has 11 nitrogen and oxygen atoms in total.